The van der Waals surface area contributed by atoms with Gasteiger partial charge in [-0.25, -0.2) is 0 Å². The standard InChI is InChI=1S/C14H20N4O2/c1-11-3-5-16-9-12(11)10-17-13(19)14(20)18-7-2-4-15-6-8-18/h3,5,9,15H,2,4,6-8,10H2,1H3,(H,17,19). The second-order valence-corrected chi connectivity index (χ2v) is 4.88. The molecule has 0 spiro atoms. The monoisotopic (exact) mass is 276 g/mol. The SMILES string of the molecule is Cc1ccncc1CNC(=O)C(=O)N1CCCNCC1. The van der Waals surface area contributed by atoms with E-state index in [-0.39, 0.29) is 0 Å². The van der Waals surface area contributed by atoms with Crippen molar-refractivity contribution < 1.29 is 9.59 Å². The lowest BCUT2D eigenvalue weighted by molar-refractivity contribution is -0.145. The topological polar surface area (TPSA) is 74.3 Å². The summed E-state index contributed by atoms with van der Waals surface area (Å²) >= 11 is 0. The van der Waals surface area contributed by atoms with Crippen LogP contribution in [-0.4, -0.2) is 47.9 Å². The molecule has 0 radical (unpaired) electrons. The van der Waals surface area contributed by atoms with E-state index in [2.05, 4.69) is 15.6 Å². The van der Waals surface area contributed by atoms with Gasteiger partial charge in [-0.05, 0) is 37.1 Å². The van der Waals surface area contributed by atoms with Crippen molar-refractivity contribution in [3.63, 3.8) is 0 Å². The van der Waals surface area contributed by atoms with Crippen molar-refractivity contribution in [3.05, 3.63) is 29.6 Å². The molecule has 1 aliphatic rings. The highest BCUT2D eigenvalue weighted by Gasteiger charge is 2.22. The predicted octanol–water partition coefficient (Wildman–Crippen LogP) is -0.172. The van der Waals surface area contributed by atoms with Crippen molar-refractivity contribution in [1.29, 1.82) is 0 Å². The first-order valence-electron chi connectivity index (χ1n) is 6.86. The Morgan fingerprint density at radius 1 is 1.40 bits per heavy atom. The van der Waals surface area contributed by atoms with Crippen molar-refractivity contribution in [3.8, 4) is 0 Å². The summed E-state index contributed by atoms with van der Waals surface area (Å²) in [4.78, 5) is 29.5. The average molecular weight is 276 g/mol. The molecule has 2 amide bonds. The molecule has 2 heterocycles. The minimum absolute atomic E-state index is 0.330. The summed E-state index contributed by atoms with van der Waals surface area (Å²) in [6.45, 7) is 5.12. The first kappa shape index (κ1) is 14.5. The number of nitrogens with zero attached hydrogens (tertiary/aromatic N) is 2. The molecule has 0 bridgehead atoms. The predicted molar refractivity (Wildman–Crippen MR) is 74.9 cm³/mol. The van der Waals surface area contributed by atoms with Crippen LogP contribution in [0.4, 0.5) is 0 Å². The van der Waals surface area contributed by atoms with E-state index in [1.807, 2.05) is 13.0 Å². The number of hydrogen-bond acceptors (Lipinski definition) is 4. The van der Waals surface area contributed by atoms with Crippen molar-refractivity contribution in [2.75, 3.05) is 26.2 Å². The molecule has 1 aromatic heterocycles. The van der Waals surface area contributed by atoms with E-state index in [1.54, 1.807) is 17.3 Å². The van der Waals surface area contributed by atoms with Crippen LogP contribution in [0.1, 0.15) is 17.5 Å². The number of nitrogens with one attached hydrogen (secondary N) is 2. The quantitative estimate of drug-likeness (QED) is 0.735. The summed E-state index contributed by atoms with van der Waals surface area (Å²) in [6.07, 6.45) is 4.28. The van der Waals surface area contributed by atoms with Gasteiger partial charge in [-0.2, -0.15) is 0 Å². The molecule has 108 valence electrons. The largest absolute Gasteiger partial charge is 0.344 e. The minimum Gasteiger partial charge on any atom is -0.344 e. The number of carbonyl (C=O) groups excluding carboxylic acids is 2. The number of pyridine rings is 1. The fraction of sp³-hybridized carbons (Fsp3) is 0.500. The van der Waals surface area contributed by atoms with Crippen molar-refractivity contribution >= 4 is 11.8 Å². The Labute approximate surface area is 118 Å². The molecule has 6 nitrogen and oxygen atoms in total. The number of rotatable bonds is 2. The molecule has 1 aliphatic heterocycles. The summed E-state index contributed by atoms with van der Waals surface area (Å²) in [5.74, 6) is -0.995. The molecule has 20 heavy (non-hydrogen) atoms. The molecule has 2 N–H and O–H groups in total. The fourth-order valence-electron chi connectivity index (χ4n) is 2.13. The van der Waals surface area contributed by atoms with Crippen LogP contribution in [0.3, 0.4) is 0 Å². The van der Waals surface area contributed by atoms with E-state index in [4.69, 9.17) is 0 Å². The van der Waals surface area contributed by atoms with E-state index in [0.717, 1.165) is 30.6 Å². The van der Waals surface area contributed by atoms with Crippen molar-refractivity contribution in [1.82, 2.24) is 20.5 Å². The van der Waals surface area contributed by atoms with Gasteiger partial charge in [0.25, 0.3) is 0 Å². The van der Waals surface area contributed by atoms with Crippen LogP contribution in [0, 0.1) is 6.92 Å². The van der Waals surface area contributed by atoms with Gasteiger partial charge >= 0.3 is 11.8 Å². The van der Waals surface area contributed by atoms with Gasteiger partial charge < -0.3 is 15.5 Å². The van der Waals surface area contributed by atoms with Gasteiger partial charge in [0.15, 0.2) is 0 Å². The highest BCUT2D eigenvalue weighted by molar-refractivity contribution is 6.34. The molecule has 2 rings (SSSR count). The molecule has 1 saturated heterocycles. The first-order chi connectivity index (χ1) is 9.68. The molecular weight excluding hydrogens is 256 g/mol. The number of aromatic nitrogens is 1. The zero-order valence-electron chi connectivity index (χ0n) is 11.7. The van der Waals surface area contributed by atoms with Gasteiger partial charge in [0.05, 0.1) is 0 Å². The summed E-state index contributed by atoms with van der Waals surface area (Å²) < 4.78 is 0. The summed E-state index contributed by atoms with van der Waals surface area (Å²) in [7, 11) is 0. The maximum absolute atomic E-state index is 12.0. The second-order valence-electron chi connectivity index (χ2n) is 4.88. The highest BCUT2D eigenvalue weighted by Crippen LogP contribution is 2.04. The number of amides is 2. The second kappa shape index (κ2) is 7.00. The van der Waals surface area contributed by atoms with Gasteiger partial charge in [0.2, 0.25) is 0 Å². The zero-order valence-corrected chi connectivity index (χ0v) is 11.7. The average Bonchev–Trinajstić information content (AvgIpc) is 2.74. The third kappa shape index (κ3) is 3.77. The lowest BCUT2D eigenvalue weighted by atomic mass is 10.1. The normalized spacial score (nSPS) is 15.6. The van der Waals surface area contributed by atoms with Crippen LogP contribution in [0.2, 0.25) is 0 Å². The maximum Gasteiger partial charge on any atom is 0.311 e. The van der Waals surface area contributed by atoms with E-state index < -0.39 is 11.8 Å². The Hall–Kier alpha value is -1.95. The summed E-state index contributed by atoms with van der Waals surface area (Å²) in [5.41, 5.74) is 1.97. The van der Waals surface area contributed by atoms with Crippen LogP contribution in [0.15, 0.2) is 18.5 Å². The lowest BCUT2D eigenvalue weighted by Gasteiger charge is -2.19. The molecule has 0 aliphatic carbocycles. The fourth-order valence-corrected chi connectivity index (χ4v) is 2.13. The van der Waals surface area contributed by atoms with Gasteiger partial charge in [-0.3, -0.25) is 14.6 Å². The van der Waals surface area contributed by atoms with Gasteiger partial charge in [0.1, 0.15) is 0 Å². The van der Waals surface area contributed by atoms with E-state index in [9.17, 15) is 9.59 Å². The molecular formula is C14H20N4O2. The lowest BCUT2D eigenvalue weighted by Crippen LogP contribution is -2.44. The smallest absolute Gasteiger partial charge is 0.311 e. The van der Waals surface area contributed by atoms with Crippen LogP contribution in [0.25, 0.3) is 0 Å². The maximum atomic E-state index is 12.0. The Balaban J connectivity index is 1.88. The Morgan fingerprint density at radius 2 is 2.25 bits per heavy atom. The van der Waals surface area contributed by atoms with Crippen LogP contribution in [0.5, 0.6) is 0 Å². The van der Waals surface area contributed by atoms with Crippen molar-refractivity contribution in [2.24, 2.45) is 0 Å². The van der Waals surface area contributed by atoms with E-state index in [1.165, 1.54) is 0 Å². The highest BCUT2D eigenvalue weighted by atomic mass is 16.2. The van der Waals surface area contributed by atoms with Gasteiger partial charge in [0, 0.05) is 38.6 Å². The van der Waals surface area contributed by atoms with E-state index >= 15 is 0 Å². The number of aryl methyl sites for hydroxylation is 1. The van der Waals surface area contributed by atoms with E-state index in [0.29, 0.717) is 19.6 Å². The molecule has 0 saturated carbocycles. The zero-order chi connectivity index (χ0) is 14.4. The molecule has 0 atom stereocenters. The molecule has 6 heteroatoms. The molecule has 0 unspecified atom stereocenters. The third-order valence-electron chi connectivity index (χ3n) is 3.41. The summed E-state index contributed by atoms with van der Waals surface area (Å²) in [5, 5.41) is 5.87. The molecule has 1 aromatic rings. The summed E-state index contributed by atoms with van der Waals surface area (Å²) in [6, 6.07) is 1.88. The Morgan fingerprint density at radius 3 is 3.05 bits per heavy atom. The van der Waals surface area contributed by atoms with Gasteiger partial charge in [-0.15, -0.1) is 0 Å². The van der Waals surface area contributed by atoms with Crippen LogP contribution < -0.4 is 10.6 Å². The molecule has 0 aromatic carbocycles. The Kier molecular flexibility index (Phi) is 5.06. The number of hydrogen-bond donors (Lipinski definition) is 2. The van der Waals surface area contributed by atoms with Crippen molar-refractivity contribution in [2.45, 2.75) is 19.9 Å². The third-order valence-corrected chi connectivity index (χ3v) is 3.41. The van der Waals surface area contributed by atoms with Gasteiger partial charge in [-0.1, -0.05) is 0 Å². The first-order valence-corrected chi connectivity index (χ1v) is 6.86. The van der Waals surface area contributed by atoms with Crippen LogP contribution in [-0.2, 0) is 16.1 Å². The minimum atomic E-state index is -0.546. The number of carbonyl (C=O) groups is 2. The molecule has 1 fully saturated rings. The van der Waals surface area contributed by atoms with Crippen LogP contribution >= 0.6 is 0 Å². The Bertz CT molecular complexity index is 482.